The van der Waals surface area contributed by atoms with E-state index in [-0.39, 0.29) is 12.2 Å². The topological polar surface area (TPSA) is 66.8 Å². The van der Waals surface area contributed by atoms with E-state index in [0.29, 0.717) is 12.2 Å². The summed E-state index contributed by atoms with van der Waals surface area (Å²) in [6, 6.07) is 14.3. The number of aliphatic hydroxyl groups is 1. The first-order valence-corrected chi connectivity index (χ1v) is 7.30. The Bertz CT molecular complexity index is 602. The van der Waals surface area contributed by atoms with Gasteiger partial charge in [-0.05, 0) is 41.8 Å². The standard InChI is InChI=1S/C18H20O4/c1-2-13-3-5-14(6-4-13)11-16(19)12-22-17-9-7-15(8-10-17)18(20)21/h3-10,16,19H,2,11-12H2,1H3,(H,20,21). The molecule has 1 unspecified atom stereocenters. The van der Waals surface area contributed by atoms with Crippen LogP contribution < -0.4 is 4.74 Å². The van der Waals surface area contributed by atoms with E-state index in [0.717, 1.165) is 12.0 Å². The number of benzene rings is 2. The van der Waals surface area contributed by atoms with E-state index in [4.69, 9.17) is 9.84 Å². The lowest BCUT2D eigenvalue weighted by Gasteiger charge is -2.13. The predicted octanol–water partition coefficient (Wildman–Crippen LogP) is 2.93. The normalized spacial score (nSPS) is 11.9. The smallest absolute Gasteiger partial charge is 0.335 e. The van der Waals surface area contributed by atoms with Crippen LogP contribution in [0.1, 0.15) is 28.4 Å². The number of hydrogen-bond donors (Lipinski definition) is 2. The Kier molecular flexibility index (Phi) is 5.55. The Morgan fingerprint density at radius 2 is 1.64 bits per heavy atom. The van der Waals surface area contributed by atoms with Crippen LogP contribution in [-0.2, 0) is 12.8 Å². The van der Waals surface area contributed by atoms with Gasteiger partial charge in [0.2, 0.25) is 0 Å². The fraction of sp³-hybridized carbons (Fsp3) is 0.278. The average Bonchev–Trinajstić information content (AvgIpc) is 2.54. The van der Waals surface area contributed by atoms with Crippen molar-refractivity contribution in [1.29, 1.82) is 0 Å². The molecule has 0 bridgehead atoms. The van der Waals surface area contributed by atoms with E-state index in [2.05, 4.69) is 19.1 Å². The molecule has 0 fully saturated rings. The second kappa shape index (κ2) is 7.61. The molecule has 0 radical (unpaired) electrons. The summed E-state index contributed by atoms with van der Waals surface area (Å²) >= 11 is 0. The Morgan fingerprint density at radius 3 is 2.18 bits per heavy atom. The molecule has 4 nitrogen and oxygen atoms in total. The van der Waals surface area contributed by atoms with Gasteiger partial charge in [0, 0.05) is 6.42 Å². The highest BCUT2D eigenvalue weighted by Gasteiger charge is 2.08. The van der Waals surface area contributed by atoms with Crippen LogP contribution in [0.4, 0.5) is 0 Å². The van der Waals surface area contributed by atoms with Crippen molar-refractivity contribution in [2.24, 2.45) is 0 Å². The highest BCUT2D eigenvalue weighted by molar-refractivity contribution is 5.87. The van der Waals surface area contributed by atoms with Crippen LogP contribution >= 0.6 is 0 Å². The van der Waals surface area contributed by atoms with Crippen LogP contribution in [0.15, 0.2) is 48.5 Å². The zero-order valence-corrected chi connectivity index (χ0v) is 12.5. The molecule has 0 saturated carbocycles. The van der Waals surface area contributed by atoms with Gasteiger partial charge in [-0.15, -0.1) is 0 Å². The Hall–Kier alpha value is -2.33. The van der Waals surface area contributed by atoms with Crippen molar-refractivity contribution >= 4 is 5.97 Å². The monoisotopic (exact) mass is 300 g/mol. The SMILES string of the molecule is CCc1ccc(CC(O)COc2ccc(C(=O)O)cc2)cc1. The van der Waals surface area contributed by atoms with E-state index in [1.54, 1.807) is 12.1 Å². The zero-order chi connectivity index (χ0) is 15.9. The van der Waals surface area contributed by atoms with Crippen LogP contribution in [0, 0.1) is 0 Å². The van der Waals surface area contributed by atoms with Gasteiger partial charge in [0.1, 0.15) is 12.4 Å². The third kappa shape index (κ3) is 4.60. The van der Waals surface area contributed by atoms with Crippen LogP contribution in [-0.4, -0.2) is 28.9 Å². The molecule has 2 aromatic rings. The fourth-order valence-electron chi connectivity index (χ4n) is 2.13. The van der Waals surface area contributed by atoms with Gasteiger partial charge in [0.05, 0.1) is 11.7 Å². The summed E-state index contributed by atoms with van der Waals surface area (Å²) < 4.78 is 5.48. The lowest BCUT2D eigenvalue weighted by Crippen LogP contribution is -2.20. The quantitative estimate of drug-likeness (QED) is 0.825. The van der Waals surface area contributed by atoms with Gasteiger partial charge < -0.3 is 14.9 Å². The Balaban J connectivity index is 1.83. The summed E-state index contributed by atoms with van der Waals surface area (Å²) in [4.78, 5) is 10.7. The van der Waals surface area contributed by atoms with E-state index < -0.39 is 12.1 Å². The van der Waals surface area contributed by atoms with Gasteiger partial charge in [0.25, 0.3) is 0 Å². The zero-order valence-electron chi connectivity index (χ0n) is 12.5. The summed E-state index contributed by atoms with van der Waals surface area (Å²) in [5.41, 5.74) is 2.55. The number of hydrogen-bond acceptors (Lipinski definition) is 3. The highest BCUT2D eigenvalue weighted by atomic mass is 16.5. The largest absolute Gasteiger partial charge is 0.491 e. The molecule has 1 atom stereocenters. The maximum absolute atomic E-state index is 10.7. The minimum atomic E-state index is -0.970. The first kappa shape index (κ1) is 16.0. The number of rotatable bonds is 7. The van der Waals surface area contributed by atoms with Gasteiger partial charge in [0.15, 0.2) is 0 Å². The van der Waals surface area contributed by atoms with Crippen molar-refractivity contribution < 1.29 is 19.7 Å². The lowest BCUT2D eigenvalue weighted by molar-refractivity contribution is 0.0696. The van der Waals surface area contributed by atoms with E-state index in [1.807, 2.05) is 12.1 Å². The summed E-state index contributed by atoms with van der Waals surface area (Å²) in [6.07, 6.45) is 0.918. The second-order valence-electron chi connectivity index (χ2n) is 5.17. The molecule has 0 aromatic heterocycles. The molecule has 0 aliphatic carbocycles. The number of carboxylic acids is 1. The fourth-order valence-corrected chi connectivity index (χ4v) is 2.13. The molecule has 2 aromatic carbocycles. The number of aromatic carboxylic acids is 1. The molecule has 4 heteroatoms. The van der Waals surface area contributed by atoms with Crippen LogP contribution in [0.3, 0.4) is 0 Å². The van der Waals surface area contributed by atoms with Gasteiger partial charge in [-0.25, -0.2) is 4.79 Å². The third-order valence-corrected chi connectivity index (χ3v) is 3.45. The molecule has 22 heavy (non-hydrogen) atoms. The van der Waals surface area contributed by atoms with Crippen molar-refractivity contribution in [3.8, 4) is 5.75 Å². The minimum absolute atomic E-state index is 0.169. The molecule has 116 valence electrons. The van der Waals surface area contributed by atoms with E-state index >= 15 is 0 Å². The Labute approximate surface area is 130 Å². The summed E-state index contributed by atoms with van der Waals surface area (Å²) in [5.74, 6) is -0.424. The van der Waals surface area contributed by atoms with Crippen molar-refractivity contribution in [1.82, 2.24) is 0 Å². The average molecular weight is 300 g/mol. The molecule has 0 aliphatic rings. The highest BCUT2D eigenvalue weighted by Crippen LogP contribution is 2.13. The molecule has 0 spiro atoms. The van der Waals surface area contributed by atoms with Crippen LogP contribution in [0.5, 0.6) is 5.75 Å². The molecule has 0 heterocycles. The summed E-state index contributed by atoms with van der Waals surface area (Å²) in [7, 11) is 0. The molecule has 0 amide bonds. The van der Waals surface area contributed by atoms with Gasteiger partial charge in [-0.2, -0.15) is 0 Å². The molecular formula is C18H20O4. The number of carboxylic acid groups (broad SMARTS) is 1. The number of carbonyl (C=O) groups is 1. The van der Waals surface area contributed by atoms with Crippen molar-refractivity contribution in [3.63, 3.8) is 0 Å². The maximum Gasteiger partial charge on any atom is 0.335 e. The maximum atomic E-state index is 10.7. The second-order valence-corrected chi connectivity index (χ2v) is 5.17. The number of aliphatic hydroxyl groups excluding tert-OH is 1. The third-order valence-electron chi connectivity index (χ3n) is 3.45. The van der Waals surface area contributed by atoms with E-state index in [1.165, 1.54) is 17.7 Å². The molecule has 2 N–H and O–H groups in total. The van der Waals surface area contributed by atoms with Gasteiger partial charge in [-0.1, -0.05) is 31.2 Å². The summed E-state index contributed by atoms with van der Waals surface area (Å²) in [6.45, 7) is 2.27. The first-order chi connectivity index (χ1) is 10.6. The molecule has 0 saturated heterocycles. The predicted molar refractivity (Wildman–Crippen MR) is 84.4 cm³/mol. The van der Waals surface area contributed by atoms with Crippen molar-refractivity contribution in [3.05, 3.63) is 65.2 Å². The van der Waals surface area contributed by atoms with Crippen molar-refractivity contribution in [2.45, 2.75) is 25.9 Å². The first-order valence-electron chi connectivity index (χ1n) is 7.30. The molecule has 0 aliphatic heterocycles. The number of aryl methyl sites for hydroxylation is 1. The molecular weight excluding hydrogens is 280 g/mol. The molecule has 2 rings (SSSR count). The van der Waals surface area contributed by atoms with Gasteiger partial charge in [-0.3, -0.25) is 0 Å². The van der Waals surface area contributed by atoms with Gasteiger partial charge >= 0.3 is 5.97 Å². The number of ether oxygens (including phenoxy) is 1. The minimum Gasteiger partial charge on any atom is -0.491 e. The lowest BCUT2D eigenvalue weighted by atomic mass is 10.1. The van der Waals surface area contributed by atoms with Crippen LogP contribution in [0.25, 0.3) is 0 Å². The summed E-state index contributed by atoms with van der Waals surface area (Å²) in [5, 5.41) is 18.8. The Morgan fingerprint density at radius 1 is 1.05 bits per heavy atom. The van der Waals surface area contributed by atoms with E-state index in [9.17, 15) is 9.90 Å². The van der Waals surface area contributed by atoms with Crippen molar-refractivity contribution in [2.75, 3.05) is 6.61 Å². The van der Waals surface area contributed by atoms with Crippen LogP contribution in [0.2, 0.25) is 0 Å².